The molecule has 4 heterocycles. The zero-order chi connectivity index (χ0) is 35.6. The number of aliphatic hydroxyl groups is 3. The molecule has 1 unspecified atom stereocenters. The third-order valence-corrected chi connectivity index (χ3v) is 9.65. The molecule has 6 atom stereocenters. The van der Waals surface area contributed by atoms with E-state index in [-0.39, 0.29) is 43.9 Å². The topological polar surface area (TPSA) is 230 Å². The van der Waals surface area contributed by atoms with Gasteiger partial charge in [0.2, 0.25) is 11.9 Å². The van der Waals surface area contributed by atoms with Crippen LogP contribution in [0.15, 0.2) is 60.9 Å². The summed E-state index contributed by atoms with van der Waals surface area (Å²) < 4.78 is 1.63. The molecule has 17 nitrogen and oxygen atoms in total. The number of benzene rings is 2. The molecule has 2 aliphatic heterocycles. The zero-order valence-electron chi connectivity index (χ0n) is 27.6. The highest BCUT2D eigenvalue weighted by Crippen LogP contribution is 2.37. The monoisotopic (exact) mass is 700 g/mol. The second-order valence-corrected chi connectivity index (χ2v) is 13.1. The van der Waals surface area contributed by atoms with Gasteiger partial charge in [0.1, 0.15) is 18.0 Å². The fourth-order valence-corrected chi connectivity index (χ4v) is 7.08. The lowest BCUT2D eigenvalue weighted by Crippen LogP contribution is -2.46. The van der Waals surface area contributed by atoms with Crippen molar-refractivity contribution in [2.24, 2.45) is 0 Å². The number of aromatic nitrogens is 4. The quantitative estimate of drug-likeness (QED) is 0.0983. The van der Waals surface area contributed by atoms with Gasteiger partial charge in [0.25, 0.3) is 0 Å². The van der Waals surface area contributed by atoms with Gasteiger partial charge >= 0.3 is 12.1 Å². The van der Waals surface area contributed by atoms with E-state index in [0.717, 1.165) is 16.0 Å². The largest absolute Gasteiger partial charge is 0.508 e. The fourth-order valence-electron chi connectivity index (χ4n) is 7.08. The number of phenolic OH excluding ortho intramolecular Hbond substituents is 1. The van der Waals surface area contributed by atoms with E-state index in [1.54, 1.807) is 28.8 Å². The predicted molar refractivity (Wildman–Crippen MR) is 184 cm³/mol. The minimum Gasteiger partial charge on any atom is -0.508 e. The number of aromatic hydroxyl groups is 1. The third-order valence-electron chi connectivity index (χ3n) is 9.65. The van der Waals surface area contributed by atoms with Crippen molar-refractivity contribution in [3.05, 3.63) is 72.1 Å². The molecule has 8 N–H and O–H groups in total. The number of nitrogens with zero attached hydrogens (tertiary/aromatic N) is 6. The molecule has 1 saturated carbocycles. The standard InChI is InChI=1S/C34H40N10O7/c45-17-22(11-19-5-2-1-3-6-19)38-30-27-31(43(18-37-27)24-13-25(29(49)28(24)48)44-26(47)15-36-34(44)51)41-32(40-30)42-10-9-21(16-42)39-33(50)35-14-20-7-4-8-23(46)12-20/h1-8,12,18,21-22,24-25,28-29,45-46,48-49H,9-11,13-17H2,(H,36,51)(H2,35,39,50)(H,38,40,41)/t21?,22-,24+,25-,28-,29+/m0/s1. The molecule has 2 aromatic heterocycles. The van der Waals surface area contributed by atoms with Gasteiger partial charge in [-0.3, -0.25) is 9.69 Å². The van der Waals surface area contributed by atoms with Gasteiger partial charge in [0.05, 0.1) is 37.6 Å². The first-order valence-electron chi connectivity index (χ1n) is 16.9. The molecule has 2 saturated heterocycles. The lowest BCUT2D eigenvalue weighted by Gasteiger charge is -2.23. The van der Waals surface area contributed by atoms with Crippen LogP contribution in [-0.4, -0.2) is 119 Å². The van der Waals surface area contributed by atoms with E-state index in [0.29, 0.717) is 48.9 Å². The minimum atomic E-state index is -1.40. The van der Waals surface area contributed by atoms with Crippen molar-refractivity contribution in [3.8, 4) is 5.75 Å². The molecule has 2 aromatic carbocycles. The van der Waals surface area contributed by atoms with Gasteiger partial charge in [-0.05, 0) is 42.5 Å². The molecule has 17 heteroatoms. The number of imide groups is 1. The van der Waals surface area contributed by atoms with Crippen LogP contribution in [-0.2, 0) is 17.8 Å². The lowest BCUT2D eigenvalue weighted by atomic mass is 10.1. The Morgan fingerprint density at radius 1 is 1.02 bits per heavy atom. The molecule has 3 aliphatic rings. The van der Waals surface area contributed by atoms with E-state index in [4.69, 9.17) is 9.97 Å². The van der Waals surface area contributed by atoms with Crippen LogP contribution in [0, 0.1) is 0 Å². The summed E-state index contributed by atoms with van der Waals surface area (Å²) in [4.78, 5) is 54.8. The number of rotatable bonds is 11. The SMILES string of the molecule is O=C(NCc1cccc(O)c1)NC1CCN(c2nc(N[C@H](CO)Cc3ccccc3)c3ncn([C@@H]4C[C@H](N5C(=O)CNC5=O)[C@@H](O)[C@H]4O)c3n2)C1. The van der Waals surface area contributed by atoms with Gasteiger partial charge < -0.3 is 51.2 Å². The van der Waals surface area contributed by atoms with Crippen molar-refractivity contribution in [1.29, 1.82) is 0 Å². The molecule has 5 amide bonds. The van der Waals surface area contributed by atoms with Crippen molar-refractivity contribution >= 4 is 40.9 Å². The number of amides is 5. The number of nitrogens with one attached hydrogen (secondary N) is 4. The number of urea groups is 2. The van der Waals surface area contributed by atoms with Crippen LogP contribution in [0.2, 0.25) is 0 Å². The Kier molecular flexibility index (Phi) is 9.57. The Morgan fingerprint density at radius 3 is 2.55 bits per heavy atom. The van der Waals surface area contributed by atoms with Gasteiger partial charge in [0.15, 0.2) is 17.0 Å². The van der Waals surface area contributed by atoms with Gasteiger partial charge in [0, 0.05) is 25.7 Å². The third kappa shape index (κ3) is 7.08. The number of phenols is 1. The van der Waals surface area contributed by atoms with Gasteiger partial charge in [-0.2, -0.15) is 9.97 Å². The summed E-state index contributed by atoms with van der Waals surface area (Å²) in [6.45, 7) is 0.769. The van der Waals surface area contributed by atoms with Crippen molar-refractivity contribution in [3.63, 3.8) is 0 Å². The Hall–Kier alpha value is -5.52. The first-order valence-corrected chi connectivity index (χ1v) is 16.9. The molecule has 51 heavy (non-hydrogen) atoms. The minimum absolute atomic E-state index is 0.0652. The summed E-state index contributed by atoms with van der Waals surface area (Å²) in [6, 6.07) is 13.0. The van der Waals surface area contributed by atoms with Crippen molar-refractivity contribution in [2.45, 2.75) is 62.2 Å². The summed E-state index contributed by atoms with van der Waals surface area (Å²) in [5, 5.41) is 53.8. The summed E-state index contributed by atoms with van der Waals surface area (Å²) in [5.41, 5.74) is 2.47. The molecule has 0 spiro atoms. The normalized spacial score (nSPS) is 23.9. The number of hydrogen-bond donors (Lipinski definition) is 8. The van der Waals surface area contributed by atoms with E-state index in [1.165, 1.54) is 6.33 Å². The maximum Gasteiger partial charge on any atom is 0.324 e. The van der Waals surface area contributed by atoms with Crippen LogP contribution in [0.25, 0.3) is 11.2 Å². The van der Waals surface area contributed by atoms with E-state index >= 15 is 0 Å². The number of anilines is 2. The number of carbonyl (C=O) groups is 3. The van der Waals surface area contributed by atoms with Crippen molar-refractivity contribution in [2.75, 3.05) is 36.5 Å². The summed E-state index contributed by atoms with van der Waals surface area (Å²) in [6.07, 6.45) is -0.0848. The van der Waals surface area contributed by atoms with Crippen LogP contribution in [0.3, 0.4) is 0 Å². The van der Waals surface area contributed by atoms with E-state index in [2.05, 4.69) is 26.3 Å². The second-order valence-electron chi connectivity index (χ2n) is 13.1. The number of fused-ring (bicyclic) bond motifs is 1. The number of aliphatic hydroxyl groups excluding tert-OH is 3. The first-order chi connectivity index (χ1) is 24.7. The van der Waals surface area contributed by atoms with Gasteiger partial charge in [-0.15, -0.1) is 0 Å². The molecule has 3 fully saturated rings. The molecular weight excluding hydrogens is 660 g/mol. The summed E-state index contributed by atoms with van der Waals surface area (Å²) in [5.74, 6) is 0.308. The molecule has 0 radical (unpaired) electrons. The van der Waals surface area contributed by atoms with Crippen molar-refractivity contribution in [1.82, 2.24) is 40.4 Å². The average Bonchev–Trinajstić information content (AvgIpc) is 3.91. The molecule has 1 aliphatic carbocycles. The maximum absolute atomic E-state index is 12.7. The van der Waals surface area contributed by atoms with E-state index in [1.807, 2.05) is 35.2 Å². The highest BCUT2D eigenvalue weighted by atomic mass is 16.3. The van der Waals surface area contributed by atoms with Gasteiger partial charge in [-0.25, -0.2) is 14.6 Å². The Morgan fingerprint density at radius 2 is 1.80 bits per heavy atom. The Balaban J connectivity index is 1.14. The molecule has 268 valence electrons. The van der Waals surface area contributed by atoms with Gasteiger partial charge in [-0.1, -0.05) is 42.5 Å². The van der Waals surface area contributed by atoms with Crippen LogP contribution in [0.1, 0.15) is 30.0 Å². The Labute approximate surface area is 292 Å². The second kappa shape index (κ2) is 14.4. The summed E-state index contributed by atoms with van der Waals surface area (Å²) in [7, 11) is 0. The van der Waals surface area contributed by atoms with E-state index < -0.39 is 42.3 Å². The summed E-state index contributed by atoms with van der Waals surface area (Å²) >= 11 is 0. The number of hydrogen-bond acceptors (Lipinski definition) is 12. The smallest absolute Gasteiger partial charge is 0.324 e. The van der Waals surface area contributed by atoms with Crippen LogP contribution in [0.4, 0.5) is 21.4 Å². The molecule has 7 rings (SSSR count). The van der Waals surface area contributed by atoms with Crippen LogP contribution >= 0.6 is 0 Å². The molecule has 0 bridgehead atoms. The fraction of sp³-hybridized carbons (Fsp3) is 0.412. The van der Waals surface area contributed by atoms with Crippen LogP contribution < -0.4 is 26.2 Å². The highest BCUT2D eigenvalue weighted by Gasteiger charge is 2.50. The average molecular weight is 701 g/mol. The van der Waals surface area contributed by atoms with Crippen LogP contribution in [0.5, 0.6) is 5.75 Å². The first kappa shape index (κ1) is 34.0. The lowest BCUT2D eigenvalue weighted by molar-refractivity contribution is -0.128. The zero-order valence-corrected chi connectivity index (χ0v) is 27.6. The number of imidazole rings is 1. The van der Waals surface area contributed by atoms with Crippen molar-refractivity contribution < 1.29 is 34.8 Å². The molecule has 4 aromatic rings. The van der Waals surface area contributed by atoms with E-state index in [9.17, 15) is 34.8 Å². The maximum atomic E-state index is 12.7. The number of carbonyl (C=O) groups excluding carboxylic acids is 3. The Bertz CT molecular complexity index is 1890. The molecular formula is C34H40N10O7. The predicted octanol–water partition coefficient (Wildman–Crippen LogP) is 0.213. The highest BCUT2D eigenvalue weighted by molar-refractivity contribution is 6.02.